The standard InChI is InChI=1S/C10H19NO6/c12-5-10(6-13,7-14)11-8(15)3-1-2-4-9(16)17/h12-14H,1-7H2,(H,11,15)(H,16,17). The molecule has 7 nitrogen and oxygen atoms in total. The Morgan fingerprint density at radius 3 is 1.82 bits per heavy atom. The number of aliphatic hydroxyl groups excluding tert-OH is 3. The Morgan fingerprint density at radius 2 is 1.41 bits per heavy atom. The van der Waals surface area contributed by atoms with Gasteiger partial charge in [-0.15, -0.1) is 0 Å². The van der Waals surface area contributed by atoms with Crippen molar-refractivity contribution in [3.63, 3.8) is 0 Å². The smallest absolute Gasteiger partial charge is 0.303 e. The molecule has 1 amide bonds. The number of carboxylic acid groups (broad SMARTS) is 1. The maximum atomic E-state index is 11.4. The molecule has 0 aliphatic rings. The van der Waals surface area contributed by atoms with Crippen molar-refractivity contribution in [1.29, 1.82) is 0 Å². The van der Waals surface area contributed by atoms with Crippen LogP contribution in [0.2, 0.25) is 0 Å². The van der Waals surface area contributed by atoms with Crippen LogP contribution in [0.1, 0.15) is 25.7 Å². The normalized spacial score (nSPS) is 11.2. The number of hydrogen-bond acceptors (Lipinski definition) is 5. The first-order chi connectivity index (χ1) is 7.99. The van der Waals surface area contributed by atoms with Gasteiger partial charge in [0.15, 0.2) is 0 Å². The van der Waals surface area contributed by atoms with Crippen LogP contribution in [0.15, 0.2) is 0 Å². The number of carbonyl (C=O) groups excluding carboxylic acids is 1. The minimum absolute atomic E-state index is 0.00156. The van der Waals surface area contributed by atoms with Crippen LogP contribution < -0.4 is 5.32 Å². The largest absolute Gasteiger partial charge is 0.481 e. The number of carbonyl (C=O) groups is 2. The molecule has 0 aliphatic carbocycles. The van der Waals surface area contributed by atoms with Crippen LogP contribution in [0.4, 0.5) is 0 Å². The lowest BCUT2D eigenvalue weighted by molar-refractivity contribution is -0.137. The third kappa shape index (κ3) is 6.20. The molecule has 0 radical (unpaired) electrons. The molecule has 0 saturated carbocycles. The summed E-state index contributed by atoms with van der Waals surface area (Å²) in [7, 11) is 0. The molecule has 0 aliphatic heterocycles. The summed E-state index contributed by atoms with van der Waals surface area (Å²) in [6.45, 7) is -1.71. The van der Waals surface area contributed by atoms with Gasteiger partial charge in [-0.25, -0.2) is 0 Å². The summed E-state index contributed by atoms with van der Waals surface area (Å²) >= 11 is 0. The number of aliphatic hydroxyl groups is 3. The number of aliphatic carboxylic acids is 1. The lowest BCUT2D eigenvalue weighted by atomic mass is 10.0. The Hall–Kier alpha value is -1.18. The van der Waals surface area contributed by atoms with Crippen LogP contribution >= 0.6 is 0 Å². The van der Waals surface area contributed by atoms with Gasteiger partial charge in [0, 0.05) is 12.8 Å². The highest BCUT2D eigenvalue weighted by atomic mass is 16.4. The fourth-order valence-electron chi connectivity index (χ4n) is 1.19. The van der Waals surface area contributed by atoms with Gasteiger partial charge in [0.05, 0.1) is 19.8 Å². The Labute approximate surface area is 99.1 Å². The van der Waals surface area contributed by atoms with Gasteiger partial charge in [-0.05, 0) is 12.8 Å². The van der Waals surface area contributed by atoms with Crippen LogP contribution in [-0.2, 0) is 9.59 Å². The molecule has 17 heavy (non-hydrogen) atoms. The molecule has 0 aromatic rings. The van der Waals surface area contributed by atoms with Gasteiger partial charge in [-0.1, -0.05) is 0 Å². The molecule has 0 unspecified atom stereocenters. The zero-order valence-electron chi connectivity index (χ0n) is 9.56. The molecule has 0 saturated heterocycles. The second-order valence-electron chi connectivity index (χ2n) is 3.90. The number of nitrogens with one attached hydrogen (secondary N) is 1. The molecular weight excluding hydrogens is 230 g/mol. The summed E-state index contributed by atoms with van der Waals surface area (Å²) in [6.07, 6.45) is 0.872. The van der Waals surface area contributed by atoms with E-state index in [9.17, 15) is 9.59 Å². The average molecular weight is 249 g/mol. The first-order valence-corrected chi connectivity index (χ1v) is 5.35. The molecule has 7 heteroatoms. The van der Waals surface area contributed by atoms with Crippen molar-refractivity contribution in [3.05, 3.63) is 0 Å². The first-order valence-electron chi connectivity index (χ1n) is 5.35. The fourth-order valence-corrected chi connectivity index (χ4v) is 1.19. The Kier molecular flexibility index (Phi) is 7.44. The molecule has 0 aromatic heterocycles. The monoisotopic (exact) mass is 249 g/mol. The van der Waals surface area contributed by atoms with Crippen molar-refractivity contribution >= 4 is 11.9 Å². The van der Waals surface area contributed by atoms with Gasteiger partial charge in [-0.3, -0.25) is 9.59 Å². The molecule has 100 valence electrons. The maximum absolute atomic E-state index is 11.4. The van der Waals surface area contributed by atoms with Gasteiger partial charge < -0.3 is 25.7 Å². The van der Waals surface area contributed by atoms with Crippen molar-refractivity contribution < 1.29 is 30.0 Å². The third-order valence-electron chi connectivity index (χ3n) is 2.36. The number of hydrogen-bond donors (Lipinski definition) is 5. The summed E-state index contributed by atoms with van der Waals surface area (Å²) in [5, 5.41) is 37.6. The van der Waals surface area contributed by atoms with Crippen LogP contribution in [0, 0.1) is 0 Å². The molecular formula is C10H19NO6. The van der Waals surface area contributed by atoms with E-state index in [-0.39, 0.29) is 12.8 Å². The zero-order chi connectivity index (χ0) is 13.3. The second-order valence-corrected chi connectivity index (χ2v) is 3.90. The SMILES string of the molecule is O=C(O)CCCCC(=O)NC(CO)(CO)CO. The van der Waals surface area contributed by atoms with Crippen LogP contribution in [0.25, 0.3) is 0 Å². The number of carboxylic acids is 1. The van der Waals surface area contributed by atoms with Crippen LogP contribution in [0.3, 0.4) is 0 Å². The van der Waals surface area contributed by atoms with Gasteiger partial charge in [0.2, 0.25) is 5.91 Å². The zero-order valence-corrected chi connectivity index (χ0v) is 9.56. The molecule has 0 bridgehead atoms. The van der Waals surface area contributed by atoms with Crippen molar-refractivity contribution in [3.8, 4) is 0 Å². The molecule has 5 N–H and O–H groups in total. The van der Waals surface area contributed by atoms with E-state index in [0.717, 1.165) is 0 Å². The maximum Gasteiger partial charge on any atom is 0.303 e. The minimum Gasteiger partial charge on any atom is -0.481 e. The second kappa shape index (κ2) is 7.99. The highest BCUT2D eigenvalue weighted by Crippen LogP contribution is 2.05. The minimum atomic E-state index is -1.41. The predicted molar refractivity (Wildman–Crippen MR) is 58.2 cm³/mol. The predicted octanol–water partition coefficient (Wildman–Crippen LogP) is -1.54. The molecule has 0 atom stereocenters. The van der Waals surface area contributed by atoms with E-state index in [1.54, 1.807) is 0 Å². The molecule has 0 fully saturated rings. The Morgan fingerprint density at radius 1 is 0.941 bits per heavy atom. The summed E-state index contributed by atoms with van der Waals surface area (Å²) in [4.78, 5) is 21.6. The van der Waals surface area contributed by atoms with E-state index in [0.29, 0.717) is 12.8 Å². The van der Waals surface area contributed by atoms with E-state index in [4.69, 9.17) is 20.4 Å². The van der Waals surface area contributed by atoms with Gasteiger partial charge in [0.25, 0.3) is 0 Å². The van der Waals surface area contributed by atoms with Crippen LogP contribution in [-0.4, -0.2) is 57.7 Å². The van der Waals surface area contributed by atoms with Gasteiger partial charge in [-0.2, -0.15) is 0 Å². The Bertz CT molecular complexity index is 243. The average Bonchev–Trinajstić information content (AvgIpc) is 2.32. The molecule has 0 heterocycles. The lowest BCUT2D eigenvalue weighted by Gasteiger charge is -2.28. The molecule has 0 rings (SSSR count). The Balaban J connectivity index is 3.95. The number of rotatable bonds is 9. The third-order valence-corrected chi connectivity index (χ3v) is 2.36. The van der Waals surface area contributed by atoms with E-state index >= 15 is 0 Å². The van der Waals surface area contributed by atoms with Crippen molar-refractivity contribution in [2.24, 2.45) is 0 Å². The van der Waals surface area contributed by atoms with E-state index in [1.165, 1.54) is 0 Å². The highest BCUT2D eigenvalue weighted by molar-refractivity contribution is 5.77. The topological polar surface area (TPSA) is 127 Å². The highest BCUT2D eigenvalue weighted by Gasteiger charge is 2.29. The van der Waals surface area contributed by atoms with Crippen LogP contribution in [0.5, 0.6) is 0 Å². The summed E-state index contributed by atoms with van der Waals surface area (Å²) < 4.78 is 0. The summed E-state index contributed by atoms with van der Waals surface area (Å²) in [5.41, 5.74) is -1.41. The lowest BCUT2D eigenvalue weighted by Crippen LogP contribution is -2.57. The quantitative estimate of drug-likeness (QED) is 0.315. The van der Waals surface area contributed by atoms with E-state index < -0.39 is 37.2 Å². The van der Waals surface area contributed by atoms with Gasteiger partial charge in [0.1, 0.15) is 5.54 Å². The van der Waals surface area contributed by atoms with Crippen molar-refractivity contribution in [1.82, 2.24) is 5.32 Å². The van der Waals surface area contributed by atoms with E-state index in [1.807, 2.05) is 0 Å². The van der Waals surface area contributed by atoms with Crippen molar-refractivity contribution in [2.75, 3.05) is 19.8 Å². The molecule has 0 aromatic carbocycles. The fraction of sp³-hybridized carbons (Fsp3) is 0.800. The van der Waals surface area contributed by atoms with Crippen molar-refractivity contribution in [2.45, 2.75) is 31.2 Å². The number of unbranched alkanes of at least 4 members (excludes halogenated alkanes) is 1. The molecule has 0 spiro atoms. The van der Waals surface area contributed by atoms with Gasteiger partial charge >= 0.3 is 5.97 Å². The summed E-state index contributed by atoms with van der Waals surface area (Å²) in [6, 6.07) is 0. The van der Waals surface area contributed by atoms with E-state index in [2.05, 4.69) is 5.32 Å². The summed E-state index contributed by atoms with van der Waals surface area (Å²) in [5.74, 6) is -1.35. The number of amides is 1. The first kappa shape index (κ1) is 15.8.